The van der Waals surface area contributed by atoms with Gasteiger partial charge in [0.25, 0.3) is 5.91 Å². The maximum atomic E-state index is 13.2. The predicted molar refractivity (Wildman–Crippen MR) is 77.2 cm³/mol. The largest absolute Gasteiger partial charge is 0.397 e. The molecule has 2 aromatic rings. The van der Waals surface area contributed by atoms with E-state index in [4.69, 9.17) is 5.73 Å². The van der Waals surface area contributed by atoms with Crippen LogP contribution in [0.2, 0.25) is 0 Å². The third-order valence-corrected chi connectivity index (χ3v) is 3.98. The molecule has 2 rings (SSSR count). The number of thiophene rings is 1. The summed E-state index contributed by atoms with van der Waals surface area (Å²) >= 11 is 1.17. The number of hydrogen-bond donors (Lipinski definition) is 2. The number of benzene rings is 1. The van der Waals surface area contributed by atoms with E-state index in [0.29, 0.717) is 5.39 Å². The van der Waals surface area contributed by atoms with Gasteiger partial charge in [0.05, 0.1) is 12.2 Å². The summed E-state index contributed by atoms with van der Waals surface area (Å²) in [7, 11) is 3.20. The maximum Gasteiger partial charge on any atom is 0.263 e. The monoisotopic (exact) mass is 295 g/mol. The SMILES string of the molecule is CN(C)C(=O)CNC(=O)c1sc2ccc(F)cc2c1N. The Kier molecular flexibility index (Phi) is 3.89. The zero-order valence-electron chi connectivity index (χ0n) is 11.1. The second-order valence-electron chi connectivity index (χ2n) is 4.46. The van der Waals surface area contributed by atoms with Gasteiger partial charge < -0.3 is 16.0 Å². The number of halogens is 1. The standard InChI is InChI=1S/C13H14FN3O2S/c1-17(2)10(18)6-16-13(19)12-11(15)8-5-7(14)3-4-9(8)20-12/h3-5H,6,15H2,1-2H3,(H,16,19). The number of hydrogen-bond acceptors (Lipinski definition) is 4. The summed E-state index contributed by atoms with van der Waals surface area (Å²) in [6.07, 6.45) is 0. The van der Waals surface area contributed by atoms with Gasteiger partial charge in [-0.2, -0.15) is 0 Å². The van der Waals surface area contributed by atoms with Crippen molar-refractivity contribution in [3.63, 3.8) is 0 Å². The summed E-state index contributed by atoms with van der Waals surface area (Å²) in [5.41, 5.74) is 6.10. The second kappa shape index (κ2) is 5.46. The summed E-state index contributed by atoms with van der Waals surface area (Å²) in [4.78, 5) is 25.1. The molecule has 1 heterocycles. The minimum Gasteiger partial charge on any atom is -0.397 e. The van der Waals surface area contributed by atoms with E-state index in [0.717, 1.165) is 4.70 Å². The highest BCUT2D eigenvalue weighted by molar-refractivity contribution is 7.21. The smallest absolute Gasteiger partial charge is 0.263 e. The van der Waals surface area contributed by atoms with Crippen molar-refractivity contribution in [1.82, 2.24) is 10.2 Å². The molecule has 106 valence electrons. The Balaban J connectivity index is 2.22. The number of likely N-dealkylation sites (N-methyl/N-ethyl adjacent to an activating group) is 1. The van der Waals surface area contributed by atoms with Crippen LogP contribution in [0.3, 0.4) is 0 Å². The second-order valence-corrected chi connectivity index (χ2v) is 5.51. The summed E-state index contributed by atoms with van der Waals surface area (Å²) < 4.78 is 13.9. The van der Waals surface area contributed by atoms with Crippen LogP contribution in [0, 0.1) is 5.82 Å². The number of rotatable bonds is 3. The Hall–Kier alpha value is -2.15. The molecule has 0 unspecified atom stereocenters. The molecule has 7 heteroatoms. The number of carbonyl (C=O) groups is 2. The van der Waals surface area contributed by atoms with Crippen LogP contribution in [-0.2, 0) is 4.79 Å². The molecular formula is C13H14FN3O2S. The molecule has 2 amide bonds. The average Bonchev–Trinajstić information content (AvgIpc) is 2.73. The number of anilines is 1. The first-order chi connectivity index (χ1) is 9.40. The van der Waals surface area contributed by atoms with Gasteiger partial charge in [0.15, 0.2) is 0 Å². The minimum atomic E-state index is -0.431. The van der Waals surface area contributed by atoms with Crippen molar-refractivity contribution < 1.29 is 14.0 Å². The fourth-order valence-corrected chi connectivity index (χ4v) is 2.67. The zero-order chi connectivity index (χ0) is 14.9. The van der Waals surface area contributed by atoms with E-state index >= 15 is 0 Å². The molecule has 0 aliphatic rings. The van der Waals surface area contributed by atoms with Gasteiger partial charge in [-0.3, -0.25) is 9.59 Å². The van der Waals surface area contributed by atoms with Crippen LogP contribution < -0.4 is 11.1 Å². The van der Waals surface area contributed by atoms with E-state index in [2.05, 4.69) is 5.32 Å². The molecule has 0 aliphatic carbocycles. The van der Waals surface area contributed by atoms with E-state index < -0.39 is 11.7 Å². The molecule has 5 nitrogen and oxygen atoms in total. The number of nitrogens with two attached hydrogens (primary N) is 1. The highest BCUT2D eigenvalue weighted by Crippen LogP contribution is 2.33. The lowest BCUT2D eigenvalue weighted by molar-refractivity contribution is -0.127. The molecule has 0 bridgehead atoms. The Morgan fingerprint density at radius 1 is 1.40 bits per heavy atom. The third-order valence-electron chi connectivity index (χ3n) is 2.79. The van der Waals surface area contributed by atoms with Gasteiger partial charge in [0.1, 0.15) is 10.7 Å². The zero-order valence-corrected chi connectivity index (χ0v) is 11.9. The molecule has 0 saturated carbocycles. The first kappa shape index (κ1) is 14.3. The lowest BCUT2D eigenvalue weighted by Gasteiger charge is -2.10. The molecule has 0 aliphatic heterocycles. The third kappa shape index (κ3) is 2.72. The van der Waals surface area contributed by atoms with Crippen LogP contribution in [-0.4, -0.2) is 37.4 Å². The fraction of sp³-hybridized carbons (Fsp3) is 0.231. The van der Waals surface area contributed by atoms with E-state index in [1.807, 2.05) is 0 Å². The molecule has 0 fully saturated rings. The summed E-state index contributed by atoms with van der Waals surface area (Å²) in [5, 5.41) is 3.02. The van der Waals surface area contributed by atoms with Crippen LogP contribution >= 0.6 is 11.3 Å². The van der Waals surface area contributed by atoms with Crippen LogP contribution in [0.15, 0.2) is 18.2 Å². The van der Waals surface area contributed by atoms with Crippen LogP contribution in [0.4, 0.5) is 10.1 Å². The molecule has 1 aromatic carbocycles. The van der Waals surface area contributed by atoms with Crippen molar-refractivity contribution >= 4 is 38.9 Å². The van der Waals surface area contributed by atoms with Gasteiger partial charge in [0, 0.05) is 24.2 Å². The molecule has 0 spiro atoms. The predicted octanol–water partition coefficient (Wildman–Crippen LogP) is 1.44. The summed E-state index contributed by atoms with van der Waals surface area (Å²) in [6.45, 7) is -0.103. The summed E-state index contributed by atoms with van der Waals surface area (Å²) in [5.74, 6) is -1.06. The number of amides is 2. The number of nitrogen functional groups attached to an aromatic ring is 1. The first-order valence-corrected chi connectivity index (χ1v) is 6.67. The molecule has 0 saturated heterocycles. The Labute approximate surface area is 119 Å². The van der Waals surface area contributed by atoms with Gasteiger partial charge >= 0.3 is 0 Å². The normalized spacial score (nSPS) is 10.6. The summed E-state index contributed by atoms with van der Waals surface area (Å²) in [6, 6.07) is 4.19. The van der Waals surface area contributed by atoms with Crippen LogP contribution in [0.1, 0.15) is 9.67 Å². The van der Waals surface area contributed by atoms with E-state index in [-0.39, 0.29) is 23.0 Å². The lowest BCUT2D eigenvalue weighted by Crippen LogP contribution is -2.36. The highest BCUT2D eigenvalue weighted by Gasteiger charge is 2.17. The molecule has 0 radical (unpaired) electrons. The first-order valence-electron chi connectivity index (χ1n) is 5.86. The number of nitrogens with zero attached hydrogens (tertiary/aromatic N) is 1. The topological polar surface area (TPSA) is 75.4 Å². The van der Waals surface area contributed by atoms with Gasteiger partial charge in [-0.15, -0.1) is 11.3 Å². The fourth-order valence-electron chi connectivity index (χ4n) is 1.65. The number of carbonyl (C=O) groups excluding carboxylic acids is 2. The average molecular weight is 295 g/mol. The van der Waals surface area contributed by atoms with Gasteiger partial charge in [0.2, 0.25) is 5.91 Å². The molecule has 20 heavy (non-hydrogen) atoms. The molecule has 0 atom stereocenters. The Morgan fingerprint density at radius 3 is 2.75 bits per heavy atom. The Morgan fingerprint density at radius 2 is 2.10 bits per heavy atom. The van der Waals surface area contributed by atoms with Gasteiger partial charge in [-0.1, -0.05) is 0 Å². The van der Waals surface area contributed by atoms with E-state index in [9.17, 15) is 14.0 Å². The molecule has 1 aromatic heterocycles. The molecule has 3 N–H and O–H groups in total. The van der Waals surface area contributed by atoms with Crippen LogP contribution in [0.25, 0.3) is 10.1 Å². The van der Waals surface area contributed by atoms with Crippen molar-refractivity contribution in [2.75, 3.05) is 26.4 Å². The van der Waals surface area contributed by atoms with Gasteiger partial charge in [-0.25, -0.2) is 4.39 Å². The van der Waals surface area contributed by atoms with Crippen molar-refractivity contribution in [3.05, 3.63) is 28.9 Å². The van der Waals surface area contributed by atoms with Crippen molar-refractivity contribution in [3.8, 4) is 0 Å². The van der Waals surface area contributed by atoms with Crippen molar-refractivity contribution in [1.29, 1.82) is 0 Å². The van der Waals surface area contributed by atoms with Crippen molar-refractivity contribution in [2.24, 2.45) is 0 Å². The van der Waals surface area contributed by atoms with Crippen LogP contribution in [0.5, 0.6) is 0 Å². The minimum absolute atomic E-state index is 0.103. The molecular weight excluding hydrogens is 281 g/mol. The van der Waals surface area contributed by atoms with Crippen molar-refractivity contribution in [2.45, 2.75) is 0 Å². The van der Waals surface area contributed by atoms with Gasteiger partial charge in [-0.05, 0) is 18.2 Å². The quantitative estimate of drug-likeness (QED) is 0.899. The highest BCUT2D eigenvalue weighted by atomic mass is 32.1. The van der Waals surface area contributed by atoms with E-state index in [1.54, 1.807) is 20.2 Å². The number of nitrogens with one attached hydrogen (secondary N) is 1. The maximum absolute atomic E-state index is 13.2. The number of fused-ring (bicyclic) bond motifs is 1. The Bertz CT molecular complexity index is 682. The lowest BCUT2D eigenvalue weighted by atomic mass is 10.2. The van der Waals surface area contributed by atoms with E-state index in [1.165, 1.54) is 28.4 Å².